The number of aryl methyl sites for hydroxylation is 1. The van der Waals surface area contributed by atoms with Crippen LogP contribution in [0.3, 0.4) is 0 Å². The predicted molar refractivity (Wildman–Crippen MR) is 130 cm³/mol. The summed E-state index contributed by atoms with van der Waals surface area (Å²) in [7, 11) is -3.71. The van der Waals surface area contributed by atoms with Crippen molar-refractivity contribution in [3.05, 3.63) is 89.4 Å². The number of nitrogens with zero attached hydrogens (tertiary/aromatic N) is 2. The van der Waals surface area contributed by atoms with Crippen molar-refractivity contribution in [1.29, 1.82) is 0 Å². The van der Waals surface area contributed by atoms with E-state index in [9.17, 15) is 8.42 Å². The highest BCUT2D eigenvalue weighted by molar-refractivity contribution is 7.94. The van der Waals surface area contributed by atoms with Crippen LogP contribution in [0.25, 0.3) is 22.6 Å². The van der Waals surface area contributed by atoms with E-state index in [0.717, 1.165) is 22.4 Å². The number of hydrogen-bond donors (Lipinski definition) is 2. The fraction of sp³-hybridized carbons (Fsp3) is 0.0833. The van der Waals surface area contributed by atoms with E-state index < -0.39 is 10.0 Å². The monoisotopic (exact) mass is 476 g/mol. The number of thiophene rings is 1. The molecule has 0 aliphatic carbocycles. The first-order valence-electron chi connectivity index (χ1n) is 10.2. The van der Waals surface area contributed by atoms with Crippen LogP contribution in [0.15, 0.2) is 82.5 Å². The zero-order valence-electron chi connectivity index (χ0n) is 17.6. The summed E-state index contributed by atoms with van der Waals surface area (Å²) in [4.78, 5) is 12.0. The van der Waals surface area contributed by atoms with Gasteiger partial charge in [0.25, 0.3) is 10.0 Å². The number of nitrogens with one attached hydrogen (secondary N) is 2. The van der Waals surface area contributed by atoms with Crippen molar-refractivity contribution in [3.63, 3.8) is 0 Å². The molecule has 0 saturated heterocycles. The molecule has 0 spiro atoms. The minimum atomic E-state index is -3.71. The molecule has 2 N–H and O–H groups in total. The second-order valence-electron chi connectivity index (χ2n) is 7.52. The fourth-order valence-electron chi connectivity index (χ4n) is 3.33. The molecule has 3 heterocycles. The van der Waals surface area contributed by atoms with Crippen LogP contribution < -0.4 is 9.46 Å². The van der Waals surface area contributed by atoms with Gasteiger partial charge in [-0.05, 0) is 48.2 Å². The smallest absolute Gasteiger partial charge is 0.271 e. The topological polar surface area (TPSA) is 97.0 Å². The van der Waals surface area contributed by atoms with E-state index in [-0.39, 0.29) is 4.21 Å². The number of sulfonamides is 1. The molecule has 5 aromatic rings. The Hall–Kier alpha value is -3.69. The first-order valence-corrected chi connectivity index (χ1v) is 12.5. The Bertz CT molecular complexity index is 1480. The number of H-pyrrole nitrogens is 1. The van der Waals surface area contributed by atoms with Crippen LogP contribution in [0.5, 0.6) is 5.75 Å². The lowest BCUT2D eigenvalue weighted by molar-refractivity contribution is 0.306. The maximum absolute atomic E-state index is 12.8. The molecule has 33 heavy (non-hydrogen) atoms. The van der Waals surface area contributed by atoms with Gasteiger partial charge >= 0.3 is 0 Å². The largest absolute Gasteiger partial charge is 0.489 e. The van der Waals surface area contributed by atoms with Gasteiger partial charge in [0.1, 0.15) is 22.4 Å². The van der Waals surface area contributed by atoms with E-state index in [1.807, 2.05) is 49.4 Å². The number of imidazole rings is 1. The van der Waals surface area contributed by atoms with Gasteiger partial charge in [0.15, 0.2) is 5.65 Å². The van der Waals surface area contributed by atoms with Crippen molar-refractivity contribution in [2.24, 2.45) is 0 Å². The molecule has 7 nitrogen and oxygen atoms in total. The minimum absolute atomic E-state index is 0.239. The molecule has 0 fully saturated rings. The summed E-state index contributed by atoms with van der Waals surface area (Å²) in [6.45, 7) is 2.38. The van der Waals surface area contributed by atoms with Gasteiger partial charge in [-0.1, -0.05) is 35.9 Å². The number of pyridine rings is 1. The lowest BCUT2D eigenvalue weighted by Crippen LogP contribution is -2.11. The molecule has 0 atom stereocenters. The summed E-state index contributed by atoms with van der Waals surface area (Å²) < 4.78 is 34.5. The number of anilines is 1. The standard InChI is InChI=1S/C24H20N4O3S2/c1-16-6-8-17(9-7-16)15-31-20-13-18(23-26-21-4-2-10-25-24(21)27-23)12-19(14-20)28-33(29,30)22-5-3-11-32-22/h2-14,28H,15H2,1H3,(H,25,26,27). The van der Waals surface area contributed by atoms with E-state index >= 15 is 0 Å². The van der Waals surface area contributed by atoms with E-state index in [4.69, 9.17) is 4.74 Å². The molecule has 5 rings (SSSR count). The molecule has 0 aliphatic heterocycles. The first-order chi connectivity index (χ1) is 16.0. The molecule has 0 saturated carbocycles. The molecular weight excluding hydrogens is 456 g/mol. The molecule has 0 amide bonds. The third-order valence-electron chi connectivity index (χ3n) is 4.98. The zero-order valence-corrected chi connectivity index (χ0v) is 19.3. The summed E-state index contributed by atoms with van der Waals surface area (Å²) in [6.07, 6.45) is 1.68. The molecule has 0 aliphatic rings. The van der Waals surface area contributed by atoms with Gasteiger partial charge in [-0.2, -0.15) is 0 Å². The summed E-state index contributed by atoms with van der Waals surface area (Å²) in [5.41, 5.74) is 4.62. The van der Waals surface area contributed by atoms with Crippen LogP contribution in [0, 0.1) is 6.92 Å². The Morgan fingerprint density at radius 1 is 1.06 bits per heavy atom. The van der Waals surface area contributed by atoms with Crippen molar-refractivity contribution >= 4 is 38.2 Å². The Balaban J connectivity index is 1.51. The molecule has 3 aromatic heterocycles. The lowest BCUT2D eigenvalue weighted by atomic mass is 10.1. The van der Waals surface area contributed by atoms with Gasteiger partial charge in [-0.3, -0.25) is 4.72 Å². The van der Waals surface area contributed by atoms with Gasteiger partial charge in [-0.15, -0.1) is 11.3 Å². The summed E-state index contributed by atoms with van der Waals surface area (Å²) in [5, 5.41) is 1.72. The zero-order chi connectivity index (χ0) is 22.8. The summed E-state index contributed by atoms with van der Waals surface area (Å²) in [5.74, 6) is 1.09. The maximum Gasteiger partial charge on any atom is 0.271 e. The maximum atomic E-state index is 12.8. The Morgan fingerprint density at radius 2 is 1.91 bits per heavy atom. The molecule has 166 valence electrons. The van der Waals surface area contributed by atoms with Crippen LogP contribution in [0.1, 0.15) is 11.1 Å². The van der Waals surface area contributed by atoms with Gasteiger partial charge in [0.05, 0.1) is 11.2 Å². The van der Waals surface area contributed by atoms with Crippen LogP contribution in [0.2, 0.25) is 0 Å². The third-order valence-corrected chi connectivity index (χ3v) is 7.75. The third kappa shape index (κ3) is 4.74. The van der Waals surface area contributed by atoms with Crippen LogP contribution in [-0.2, 0) is 16.6 Å². The van der Waals surface area contributed by atoms with E-state index in [1.54, 1.807) is 35.8 Å². The van der Waals surface area contributed by atoms with Crippen LogP contribution in [-0.4, -0.2) is 23.4 Å². The molecule has 2 aromatic carbocycles. The Kier molecular flexibility index (Phi) is 5.57. The number of hydrogen-bond acceptors (Lipinski definition) is 6. The average molecular weight is 477 g/mol. The van der Waals surface area contributed by atoms with E-state index in [2.05, 4.69) is 19.7 Å². The Morgan fingerprint density at radius 3 is 2.67 bits per heavy atom. The molecule has 0 unspecified atom stereocenters. The van der Waals surface area contributed by atoms with Crippen LogP contribution >= 0.6 is 11.3 Å². The minimum Gasteiger partial charge on any atom is -0.489 e. The van der Waals surface area contributed by atoms with Gasteiger partial charge in [-0.25, -0.2) is 18.4 Å². The highest BCUT2D eigenvalue weighted by atomic mass is 32.2. The number of aromatic amines is 1. The van der Waals surface area contributed by atoms with Crippen molar-refractivity contribution in [2.45, 2.75) is 17.7 Å². The normalized spacial score (nSPS) is 11.5. The quantitative estimate of drug-likeness (QED) is 0.329. The molecule has 0 radical (unpaired) electrons. The lowest BCUT2D eigenvalue weighted by Gasteiger charge is -2.12. The number of aromatic nitrogens is 3. The van der Waals surface area contributed by atoms with Gasteiger partial charge in [0, 0.05) is 17.8 Å². The number of rotatable bonds is 7. The van der Waals surface area contributed by atoms with Crippen molar-refractivity contribution in [1.82, 2.24) is 15.0 Å². The molecular formula is C24H20N4O3S2. The predicted octanol–water partition coefficient (Wildman–Crippen LogP) is 5.37. The second kappa shape index (κ2) is 8.68. The van der Waals surface area contributed by atoms with E-state index in [0.29, 0.717) is 35.1 Å². The number of fused-ring (bicyclic) bond motifs is 1. The second-order valence-corrected chi connectivity index (χ2v) is 10.4. The van der Waals surface area contributed by atoms with Crippen molar-refractivity contribution < 1.29 is 13.2 Å². The van der Waals surface area contributed by atoms with Gasteiger partial charge < -0.3 is 9.72 Å². The first kappa shape index (κ1) is 21.2. The van der Waals surface area contributed by atoms with Crippen molar-refractivity contribution in [2.75, 3.05) is 4.72 Å². The molecule has 0 bridgehead atoms. The number of ether oxygens (including phenoxy) is 1. The van der Waals surface area contributed by atoms with Gasteiger partial charge in [0.2, 0.25) is 0 Å². The SMILES string of the molecule is Cc1ccc(COc2cc(NS(=O)(=O)c3cccs3)cc(-c3nc4ncccc4[nH]3)c2)cc1. The van der Waals surface area contributed by atoms with E-state index in [1.165, 1.54) is 5.56 Å². The van der Waals surface area contributed by atoms with Crippen LogP contribution in [0.4, 0.5) is 5.69 Å². The van der Waals surface area contributed by atoms with Crippen molar-refractivity contribution in [3.8, 4) is 17.1 Å². The average Bonchev–Trinajstić information content (AvgIpc) is 3.49. The highest BCUT2D eigenvalue weighted by Gasteiger charge is 2.17. The number of benzene rings is 2. The summed E-state index contributed by atoms with van der Waals surface area (Å²) >= 11 is 1.16. The Labute approximate surface area is 195 Å². The molecule has 9 heteroatoms. The fourth-order valence-corrected chi connectivity index (χ4v) is 5.37. The summed E-state index contributed by atoms with van der Waals surface area (Å²) in [6, 6.07) is 20.3. The highest BCUT2D eigenvalue weighted by Crippen LogP contribution is 2.30.